The van der Waals surface area contributed by atoms with Gasteiger partial charge in [0.15, 0.2) is 5.78 Å². The van der Waals surface area contributed by atoms with Crippen molar-refractivity contribution in [2.24, 2.45) is 0 Å². The van der Waals surface area contributed by atoms with E-state index in [2.05, 4.69) is 9.88 Å². The zero-order chi connectivity index (χ0) is 14.1. The molecule has 2 aromatic rings. The summed E-state index contributed by atoms with van der Waals surface area (Å²) in [6.07, 6.45) is 1.10. The number of benzene rings is 1. The van der Waals surface area contributed by atoms with Crippen molar-refractivity contribution in [3.8, 4) is 5.75 Å². The Kier molecular flexibility index (Phi) is 3.22. The number of fused-ring (bicyclic) bond motifs is 1. The number of anilines is 1. The predicted molar refractivity (Wildman–Crippen MR) is 78.7 cm³/mol. The van der Waals surface area contributed by atoms with Crippen LogP contribution < -0.4 is 10.1 Å². The standard InChI is InChI=1S/C16H18N2O2/c1-11-10-14(16-17-8-3-9-18(11)16)15(19)12-4-6-13(20-2)7-5-12/h4-7,10,17H,3,8-9H2,1-2H3. The Hall–Kier alpha value is -2.23. The van der Waals surface area contributed by atoms with Crippen LogP contribution in [-0.2, 0) is 6.54 Å². The third-order valence-electron chi connectivity index (χ3n) is 3.75. The molecule has 0 spiro atoms. The maximum absolute atomic E-state index is 12.6. The SMILES string of the molecule is COc1ccc(C(=O)c2cc(C)n3c2NCCC3)cc1. The van der Waals surface area contributed by atoms with Crippen molar-refractivity contribution in [2.75, 3.05) is 19.0 Å². The quantitative estimate of drug-likeness (QED) is 0.872. The third kappa shape index (κ3) is 2.07. The topological polar surface area (TPSA) is 43.3 Å². The molecule has 4 nitrogen and oxygen atoms in total. The lowest BCUT2D eigenvalue weighted by atomic mass is 10.0. The molecule has 0 bridgehead atoms. The summed E-state index contributed by atoms with van der Waals surface area (Å²) in [4.78, 5) is 12.6. The molecule has 104 valence electrons. The molecule has 0 unspecified atom stereocenters. The fourth-order valence-electron chi connectivity index (χ4n) is 2.67. The van der Waals surface area contributed by atoms with Crippen LogP contribution in [0.25, 0.3) is 0 Å². The number of rotatable bonds is 3. The largest absolute Gasteiger partial charge is 0.497 e. The Labute approximate surface area is 118 Å². The first-order valence-electron chi connectivity index (χ1n) is 6.83. The lowest BCUT2D eigenvalue weighted by Crippen LogP contribution is -2.19. The first-order chi connectivity index (χ1) is 9.70. The van der Waals surface area contributed by atoms with Crippen LogP contribution >= 0.6 is 0 Å². The second-order valence-electron chi connectivity index (χ2n) is 5.04. The molecule has 0 fully saturated rings. The molecule has 20 heavy (non-hydrogen) atoms. The van der Waals surface area contributed by atoms with E-state index in [1.807, 2.05) is 37.3 Å². The second kappa shape index (κ2) is 5.04. The van der Waals surface area contributed by atoms with E-state index in [9.17, 15) is 4.79 Å². The summed E-state index contributed by atoms with van der Waals surface area (Å²) in [6, 6.07) is 9.22. The first kappa shape index (κ1) is 12.8. The van der Waals surface area contributed by atoms with Crippen molar-refractivity contribution in [1.29, 1.82) is 0 Å². The molecule has 2 heterocycles. The monoisotopic (exact) mass is 270 g/mol. The normalized spacial score (nSPS) is 13.5. The van der Waals surface area contributed by atoms with Gasteiger partial charge in [-0.2, -0.15) is 0 Å². The molecule has 0 saturated carbocycles. The van der Waals surface area contributed by atoms with Crippen LogP contribution in [0.1, 0.15) is 28.0 Å². The van der Waals surface area contributed by atoms with Gasteiger partial charge in [0.05, 0.1) is 12.7 Å². The average Bonchev–Trinajstić information content (AvgIpc) is 2.84. The van der Waals surface area contributed by atoms with Crippen molar-refractivity contribution in [3.63, 3.8) is 0 Å². The maximum atomic E-state index is 12.6. The molecule has 0 radical (unpaired) electrons. The Morgan fingerprint density at radius 3 is 2.75 bits per heavy atom. The van der Waals surface area contributed by atoms with Crippen LogP contribution in [0.5, 0.6) is 5.75 Å². The van der Waals surface area contributed by atoms with E-state index in [1.165, 1.54) is 0 Å². The van der Waals surface area contributed by atoms with Crippen molar-refractivity contribution in [1.82, 2.24) is 4.57 Å². The summed E-state index contributed by atoms with van der Waals surface area (Å²) in [5.41, 5.74) is 2.57. The van der Waals surface area contributed by atoms with Gasteiger partial charge in [-0.05, 0) is 43.7 Å². The number of nitrogens with zero attached hydrogens (tertiary/aromatic N) is 1. The van der Waals surface area contributed by atoms with Gasteiger partial charge in [0.2, 0.25) is 0 Å². The van der Waals surface area contributed by atoms with Gasteiger partial charge < -0.3 is 14.6 Å². The molecule has 1 aliphatic rings. The highest BCUT2D eigenvalue weighted by atomic mass is 16.5. The number of aromatic nitrogens is 1. The van der Waals surface area contributed by atoms with E-state index in [4.69, 9.17) is 4.74 Å². The number of carbonyl (C=O) groups excluding carboxylic acids is 1. The zero-order valence-electron chi connectivity index (χ0n) is 11.8. The lowest BCUT2D eigenvalue weighted by molar-refractivity contribution is 0.103. The highest BCUT2D eigenvalue weighted by Crippen LogP contribution is 2.27. The van der Waals surface area contributed by atoms with Crippen molar-refractivity contribution >= 4 is 11.6 Å². The highest BCUT2D eigenvalue weighted by molar-refractivity contribution is 6.12. The van der Waals surface area contributed by atoms with Crippen LogP contribution in [0.15, 0.2) is 30.3 Å². The molecule has 0 aliphatic carbocycles. The lowest BCUT2D eigenvalue weighted by Gasteiger charge is -2.19. The van der Waals surface area contributed by atoms with E-state index in [1.54, 1.807) is 7.11 Å². The minimum atomic E-state index is 0.0545. The molecular formula is C16H18N2O2. The fourth-order valence-corrected chi connectivity index (χ4v) is 2.67. The minimum Gasteiger partial charge on any atom is -0.497 e. The van der Waals surface area contributed by atoms with E-state index in [-0.39, 0.29) is 5.78 Å². The smallest absolute Gasteiger partial charge is 0.196 e. The summed E-state index contributed by atoms with van der Waals surface area (Å²) in [7, 11) is 1.62. The fraction of sp³-hybridized carbons (Fsp3) is 0.312. The van der Waals surface area contributed by atoms with Crippen LogP contribution in [-0.4, -0.2) is 24.0 Å². The summed E-state index contributed by atoms with van der Waals surface area (Å²) in [5, 5.41) is 3.34. The number of hydrogen-bond acceptors (Lipinski definition) is 3. The van der Waals surface area contributed by atoms with Crippen molar-refractivity contribution < 1.29 is 9.53 Å². The molecule has 0 saturated heterocycles. The number of ketones is 1. The number of hydrogen-bond donors (Lipinski definition) is 1. The van der Waals surface area contributed by atoms with Gasteiger partial charge in [0, 0.05) is 24.3 Å². The third-order valence-corrected chi connectivity index (χ3v) is 3.75. The molecule has 0 atom stereocenters. The van der Waals surface area contributed by atoms with E-state index < -0.39 is 0 Å². The van der Waals surface area contributed by atoms with Crippen molar-refractivity contribution in [3.05, 3.63) is 47.2 Å². The molecule has 0 amide bonds. The number of ether oxygens (including phenoxy) is 1. The van der Waals surface area contributed by atoms with E-state index in [0.717, 1.165) is 42.3 Å². The summed E-state index contributed by atoms with van der Waals surface area (Å²) < 4.78 is 7.30. The molecule has 1 aromatic heterocycles. The Morgan fingerprint density at radius 2 is 2.05 bits per heavy atom. The minimum absolute atomic E-state index is 0.0545. The number of nitrogens with one attached hydrogen (secondary N) is 1. The molecule has 1 aliphatic heterocycles. The molecule has 1 aromatic carbocycles. The maximum Gasteiger partial charge on any atom is 0.196 e. The van der Waals surface area contributed by atoms with Crippen molar-refractivity contribution in [2.45, 2.75) is 19.9 Å². The number of aryl methyl sites for hydroxylation is 1. The van der Waals surface area contributed by atoms with E-state index >= 15 is 0 Å². The first-order valence-corrected chi connectivity index (χ1v) is 6.83. The molecular weight excluding hydrogens is 252 g/mol. The Morgan fingerprint density at radius 1 is 1.30 bits per heavy atom. The van der Waals surface area contributed by atoms with Gasteiger partial charge in [-0.1, -0.05) is 0 Å². The van der Waals surface area contributed by atoms with Crippen LogP contribution in [0.2, 0.25) is 0 Å². The molecule has 4 heteroatoms. The zero-order valence-corrected chi connectivity index (χ0v) is 11.8. The number of carbonyl (C=O) groups is 1. The second-order valence-corrected chi connectivity index (χ2v) is 5.04. The summed E-state index contributed by atoms with van der Waals surface area (Å²) >= 11 is 0. The Balaban J connectivity index is 1.97. The van der Waals surface area contributed by atoms with Gasteiger partial charge in [-0.15, -0.1) is 0 Å². The summed E-state index contributed by atoms with van der Waals surface area (Å²) in [6.45, 7) is 3.94. The number of methoxy groups -OCH3 is 1. The van der Waals surface area contributed by atoms with Crippen LogP contribution in [0.4, 0.5) is 5.82 Å². The molecule has 3 rings (SSSR count). The van der Waals surface area contributed by atoms with Gasteiger partial charge in [-0.3, -0.25) is 4.79 Å². The predicted octanol–water partition coefficient (Wildman–Crippen LogP) is 2.85. The summed E-state index contributed by atoms with van der Waals surface area (Å²) in [5.74, 6) is 1.77. The Bertz CT molecular complexity index is 641. The van der Waals surface area contributed by atoms with Gasteiger partial charge in [0.25, 0.3) is 0 Å². The van der Waals surface area contributed by atoms with Gasteiger partial charge >= 0.3 is 0 Å². The van der Waals surface area contributed by atoms with Gasteiger partial charge in [0.1, 0.15) is 11.6 Å². The average molecular weight is 270 g/mol. The van der Waals surface area contributed by atoms with E-state index in [0.29, 0.717) is 5.56 Å². The van der Waals surface area contributed by atoms with Crippen LogP contribution in [0.3, 0.4) is 0 Å². The highest BCUT2D eigenvalue weighted by Gasteiger charge is 2.21. The van der Waals surface area contributed by atoms with Crippen LogP contribution in [0, 0.1) is 6.92 Å². The van der Waals surface area contributed by atoms with Gasteiger partial charge in [-0.25, -0.2) is 0 Å². The molecule has 1 N–H and O–H groups in total.